The number of unbranched alkanes of at least 4 members (excludes halogenated alkanes) is 4. The van der Waals surface area contributed by atoms with Crippen molar-refractivity contribution in [1.29, 1.82) is 0 Å². The van der Waals surface area contributed by atoms with Crippen molar-refractivity contribution in [2.75, 3.05) is 26.4 Å². The third kappa shape index (κ3) is 19.5. The van der Waals surface area contributed by atoms with E-state index in [1.807, 2.05) is 27.7 Å². The van der Waals surface area contributed by atoms with Gasteiger partial charge in [0.15, 0.2) is 49.6 Å². The van der Waals surface area contributed by atoms with Gasteiger partial charge in [0.25, 0.3) is 0 Å². The number of ether oxygens (including phenoxy) is 4. The third-order valence-corrected chi connectivity index (χ3v) is 14.8. The summed E-state index contributed by atoms with van der Waals surface area (Å²) >= 11 is 0. The molecule has 0 fully saturated rings. The summed E-state index contributed by atoms with van der Waals surface area (Å²) in [5, 5.41) is 0. The van der Waals surface area contributed by atoms with Gasteiger partial charge in [-0.05, 0) is 126 Å². The van der Waals surface area contributed by atoms with Crippen molar-refractivity contribution < 1.29 is 124 Å². The minimum Gasteiger partial charge on any atom is -1.00 e. The van der Waals surface area contributed by atoms with Gasteiger partial charge in [-0.2, -0.15) is 0 Å². The highest BCUT2D eigenvalue weighted by molar-refractivity contribution is 5.99. The summed E-state index contributed by atoms with van der Waals surface area (Å²) in [6.07, 6.45) is 32.8. The average molecular weight is 1460 g/mol. The number of aromatic nitrogens is 8. The van der Waals surface area contributed by atoms with Crippen molar-refractivity contribution in [3.63, 3.8) is 0 Å². The molecule has 0 amide bonds. The Kier molecular flexibility index (Phi) is 29.7. The quantitative estimate of drug-likeness (QED) is 0.0280. The van der Waals surface area contributed by atoms with E-state index in [4.69, 9.17) is 28.9 Å². The Hall–Kier alpha value is -7.00. The number of aromatic amines is 2. The number of carbonyl (C=O) groups excluding carboxylic acids is 4. The standard InChI is InChI=1S/C68H78N8O8.4BrH/c1-5-81-61(77)25-9-13-37-73-41-17-21-49(45-73)65-53-29-31-55(69-53)66(50-22-18-42-74(46-50)38-14-10-26-62(78)82-6-2)57-33-35-59(71-57)68(52-24-20-44-76(48-52)40-16-12-28-64(80)84-8-4)60-36-34-58(72-60)67(56-32-30-54(65)70-56)51-23-19-43-75(47-51)39-15-11-27-63(79)83-7-3;;;;/h17-24,29-36,41-48,69,72H,5-16,25-28,37-40H2,1-4H3;4*1H/q+4;;;;/p-4. The number of aryl methyl sites for hydroxylation is 4. The zero-order valence-electron chi connectivity index (χ0n) is 50.5. The molecule has 466 valence electrons. The van der Waals surface area contributed by atoms with Gasteiger partial charge in [0.1, 0.15) is 26.2 Å². The Balaban J connectivity index is 0.00000353. The molecule has 0 aliphatic carbocycles. The predicted molar refractivity (Wildman–Crippen MR) is 323 cm³/mol. The first kappa shape index (κ1) is 71.8. The van der Waals surface area contributed by atoms with Crippen LogP contribution in [0.3, 0.4) is 0 Å². The van der Waals surface area contributed by atoms with Gasteiger partial charge in [-0.1, -0.05) is 0 Å². The second-order valence-electron chi connectivity index (χ2n) is 20.9. The van der Waals surface area contributed by atoms with Crippen molar-refractivity contribution in [3.05, 3.63) is 145 Å². The van der Waals surface area contributed by atoms with E-state index in [-0.39, 0.29) is 91.8 Å². The minimum absolute atomic E-state index is 0. The smallest absolute Gasteiger partial charge is 0.305 e. The molecule has 9 rings (SSSR count). The molecule has 0 atom stereocenters. The Bertz CT molecular complexity index is 3270. The second kappa shape index (κ2) is 36.5. The highest BCUT2D eigenvalue weighted by Gasteiger charge is 2.23. The van der Waals surface area contributed by atoms with E-state index in [1.165, 1.54) is 0 Å². The molecule has 20 heteroatoms. The van der Waals surface area contributed by atoms with Crippen LogP contribution in [0.25, 0.3) is 90.9 Å². The van der Waals surface area contributed by atoms with Crippen LogP contribution < -0.4 is 86.2 Å². The highest BCUT2D eigenvalue weighted by Crippen LogP contribution is 2.38. The van der Waals surface area contributed by atoms with Crippen LogP contribution in [0.4, 0.5) is 0 Å². The predicted octanol–water partition coefficient (Wildman–Crippen LogP) is -0.577. The fourth-order valence-electron chi connectivity index (χ4n) is 10.8. The fourth-order valence-corrected chi connectivity index (χ4v) is 10.8. The summed E-state index contributed by atoms with van der Waals surface area (Å²) < 4.78 is 29.5. The summed E-state index contributed by atoms with van der Waals surface area (Å²) in [5.41, 5.74) is 14.0. The molecular weight excluding hydrogens is 1380 g/mol. The minimum atomic E-state index is -0.179. The van der Waals surface area contributed by atoms with Crippen LogP contribution in [0.1, 0.15) is 128 Å². The molecule has 2 aliphatic rings. The van der Waals surface area contributed by atoms with Crippen LogP contribution in [0.2, 0.25) is 0 Å². The average Bonchev–Trinajstić information content (AvgIpc) is 2.67. The van der Waals surface area contributed by atoms with Crippen LogP contribution in [0.15, 0.2) is 122 Å². The van der Waals surface area contributed by atoms with Crippen LogP contribution in [-0.4, -0.2) is 70.2 Å². The number of esters is 4. The number of hydrogen-bond acceptors (Lipinski definition) is 10. The lowest BCUT2D eigenvalue weighted by Crippen LogP contribution is -3.00. The maximum Gasteiger partial charge on any atom is 0.305 e. The van der Waals surface area contributed by atoms with Crippen molar-refractivity contribution in [2.24, 2.45) is 0 Å². The lowest BCUT2D eigenvalue weighted by Gasteiger charge is -2.07. The summed E-state index contributed by atoms with van der Waals surface area (Å²) in [6, 6.07) is 25.2. The van der Waals surface area contributed by atoms with Crippen molar-refractivity contribution in [3.8, 4) is 44.5 Å². The van der Waals surface area contributed by atoms with Gasteiger partial charge < -0.3 is 96.8 Å². The Labute approximate surface area is 557 Å². The lowest BCUT2D eigenvalue weighted by molar-refractivity contribution is -0.697. The molecule has 0 aromatic carbocycles. The Morgan fingerprint density at radius 1 is 0.352 bits per heavy atom. The number of H-pyrrole nitrogens is 2. The molecule has 0 saturated carbocycles. The van der Waals surface area contributed by atoms with E-state index in [1.54, 1.807) is 0 Å². The molecule has 7 aromatic rings. The molecule has 8 bridgehead atoms. The fraction of sp³-hybridized carbons (Fsp3) is 0.353. The third-order valence-electron chi connectivity index (χ3n) is 14.8. The first-order valence-corrected chi connectivity index (χ1v) is 29.9. The Morgan fingerprint density at radius 2 is 0.580 bits per heavy atom. The topological polar surface area (TPSA) is 178 Å². The molecule has 16 nitrogen and oxygen atoms in total. The van der Waals surface area contributed by atoms with Crippen molar-refractivity contribution in [1.82, 2.24) is 19.9 Å². The van der Waals surface area contributed by atoms with E-state index in [0.29, 0.717) is 104 Å². The van der Waals surface area contributed by atoms with Crippen LogP contribution in [0.5, 0.6) is 0 Å². The van der Waals surface area contributed by atoms with E-state index in [9.17, 15) is 19.2 Å². The van der Waals surface area contributed by atoms with Gasteiger partial charge in [-0.15, -0.1) is 0 Å². The van der Waals surface area contributed by atoms with Gasteiger partial charge in [-0.25, -0.2) is 28.2 Å². The molecule has 0 saturated heterocycles. The molecule has 0 spiro atoms. The monoisotopic (exact) mass is 1450 g/mol. The molecule has 2 N–H and O–H groups in total. The SMILES string of the molecule is CCOC(=O)CCCC[n+]1cccc(-c2c3nc(c(-c4ccc[n+](CCCCC(=O)OCC)c4)c4ccc([nH]4)c(-c4ccc[n+](CCCCC(=O)OCC)c4)c4nc(c(-c5ccc[n+](CCCCC(=O)OCC)c5)c5ccc2[nH]5)C=C4)C=C3)c1.[Br-].[Br-].[Br-].[Br-]. The normalized spacial score (nSPS) is 11.1. The molecule has 0 unspecified atom stereocenters. The van der Waals surface area contributed by atoms with E-state index < -0.39 is 0 Å². The largest absolute Gasteiger partial charge is 1.00 e. The highest BCUT2D eigenvalue weighted by atomic mass is 79.9. The van der Waals surface area contributed by atoms with Crippen LogP contribution in [0, 0.1) is 0 Å². The van der Waals surface area contributed by atoms with Gasteiger partial charge in [0.2, 0.25) is 0 Å². The zero-order chi connectivity index (χ0) is 58.6. The van der Waals surface area contributed by atoms with Gasteiger partial charge in [-0.3, -0.25) is 19.2 Å². The first-order chi connectivity index (χ1) is 41.1. The lowest BCUT2D eigenvalue weighted by atomic mass is 10.1. The molecular formula is C68H78Br4N8O8. The number of rotatable bonds is 28. The second-order valence-corrected chi connectivity index (χ2v) is 20.9. The summed E-state index contributed by atoms with van der Waals surface area (Å²) in [4.78, 5) is 67.9. The summed E-state index contributed by atoms with van der Waals surface area (Å²) in [6.45, 7) is 11.6. The molecule has 88 heavy (non-hydrogen) atoms. The maximum atomic E-state index is 12.2. The number of carbonyl (C=O) groups is 4. The van der Waals surface area contributed by atoms with E-state index in [2.05, 4.69) is 175 Å². The first-order valence-electron chi connectivity index (χ1n) is 29.9. The number of hydrogen-bond donors (Lipinski definition) is 2. The number of halogens is 4. The Morgan fingerprint density at radius 3 is 0.795 bits per heavy atom. The molecule has 0 radical (unpaired) electrons. The van der Waals surface area contributed by atoms with Gasteiger partial charge in [0, 0.05) is 142 Å². The molecule has 2 aliphatic heterocycles. The summed E-state index contributed by atoms with van der Waals surface area (Å²) in [7, 11) is 0. The van der Waals surface area contributed by atoms with E-state index in [0.717, 1.165) is 115 Å². The number of pyridine rings is 4. The van der Waals surface area contributed by atoms with Crippen molar-refractivity contribution in [2.45, 2.75) is 131 Å². The number of fused-ring (bicyclic) bond motifs is 8. The van der Waals surface area contributed by atoms with Crippen molar-refractivity contribution >= 4 is 70.2 Å². The molecule has 7 aromatic heterocycles. The zero-order valence-corrected chi connectivity index (χ0v) is 56.8. The number of nitrogens with one attached hydrogen (secondary N) is 2. The van der Waals surface area contributed by atoms with E-state index >= 15 is 0 Å². The van der Waals surface area contributed by atoms with Crippen LogP contribution >= 0.6 is 0 Å². The van der Waals surface area contributed by atoms with Crippen LogP contribution in [-0.2, 0) is 64.3 Å². The van der Waals surface area contributed by atoms with Gasteiger partial charge in [0.05, 0.1) is 49.2 Å². The maximum absolute atomic E-state index is 12.2. The summed E-state index contributed by atoms with van der Waals surface area (Å²) in [5.74, 6) is -0.715. The van der Waals surface area contributed by atoms with Gasteiger partial charge >= 0.3 is 23.9 Å². The number of nitrogens with zero attached hydrogens (tertiary/aromatic N) is 6. The molecule has 9 heterocycles.